The van der Waals surface area contributed by atoms with Crippen LogP contribution in [0.2, 0.25) is 0 Å². The van der Waals surface area contributed by atoms with Crippen LogP contribution in [0.15, 0.2) is 24.3 Å². The summed E-state index contributed by atoms with van der Waals surface area (Å²) in [6.45, 7) is 0.814. The van der Waals surface area contributed by atoms with Gasteiger partial charge in [0.15, 0.2) is 0 Å². The summed E-state index contributed by atoms with van der Waals surface area (Å²) >= 11 is 5.91. The number of methoxy groups -OCH3 is 1. The Morgan fingerprint density at radius 1 is 1.40 bits per heavy atom. The summed E-state index contributed by atoms with van der Waals surface area (Å²) in [4.78, 5) is 0. The van der Waals surface area contributed by atoms with Crippen LogP contribution in [-0.2, 0) is 4.74 Å². The van der Waals surface area contributed by atoms with Crippen LogP contribution in [0.1, 0.15) is 18.1 Å². The van der Waals surface area contributed by atoms with Crippen molar-refractivity contribution in [3.05, 3.63) is 29.8 Å². The smallest absolute Gasteiger partial charge is 0.118 e. The zero-order valence-corrected chi connectivity index (χ0v) is 9.54. The molecule has 0 amide bonds. The van der Waals surface area contributed by atoms with Gasteiger partial charge in [-0.15, -0.1) is 11.6 Å². The maximum Gasteiger partial charge on any atom is 0.118 e. The van der Waals surface area contributed by atoms with Gasteiger partial charge >= 0.3 is 0 Å². The normalized spacial score (nSPS) is 25.5. The van der Waals surface area contributed by atoms with Crippen LogP contribution in [0, 0.1) is 5.92 Å². The summed E-state index contributed by atoms with van der Waals surface area (Å²) in [6, 6.07) is 8.02. The third-order valence-corrected chi connectivity index (χ3v) is 3.25. The van der Waals surface area contributed by atoms with E-state index in [9.17, 15) is 0 Å². The van der Waals surface area contributed by atoms with Crippen molar-refractivity contribution in [3.63, 3.8) is 0 Å². The molecule has 0 spiro atoms. The van der Waals surface area contributed by atoms with E-state index < -0.39 is 0 Å². The Morgan fingerprint density at radius 2 is 2.13 bits per heavy atom. The Kier molecular flexibility index (Phi) is 3.49. The number of halogens is 1. The van der Waals surface area contributed by atoms with Crippen LogP contribution in [0.5, 0.6) is 5.75 Å². The highest BCUT2D eigenvalue weighted by Crippen LogP contribution is 2.35. The molecule has 1 saturated heterocycles. The first-order chi connectivity index (χ1) is 7.35. The Balaban J connectivity index is 2.14. The molecule has 1 fully saturated rings. The van der Waals surface area contributed by atoms with Crippen molar-refractivity contribution in [1.29, 1.82) is 0 Å². The van der Waals surface area contributed by atoms with E-state index in [-0.39, 0.29) is 6.10 Å². The first-order valence-corrected chi connectivity index (χ1v) is 5.70. The number of rotatable bonds is 3. The molecule has 1 aliphatic rings. The molecular weight excluding hydrogens is 212 g/mol. The molecule has 1 aliphatic heterocycles. The Morgan fingerprint density at radius 3 is 2.73 bits per heavy atom. The van der Waals surface area contributed by atoms with Gasteiger partial charge in [-0.1, -0.05) is 12.1 Å². The zero-order chi connectivity index (χ0) is 10.7. The van der Waals surface area contributed by atoms with E-state index >= 15 is 0 Å². The lowest BCUT2D eigenvalue weighted by Gasteiger charge is -2.16. The highest BCUT2D eigenvalue weighted by Gasteiger charge is 2.28. The molecule has 82 valence electrons. The van der Waals surface area contributed by atoms with E-state index in [1.54, 1.807) is 7.11 Å². The fraction of sp³-hybridized carbons (Fsp3) is 0.500. The number of benzene rings is 1. The van der Waals surface area contributed by atoms with Gasteiger partial charge in [0.25, 0.3) is 0 Å². The van der Waals surface area contributed by atoms with Gasteiger partial charge in [-0.2, -0.15) is 0 Å². The third-order valence-electron chi connectivity index (χ3n) is 2.86. The van der Waals surface area contributed by atoms with Crippen LogP contribution in [-0.4, -0.2) is 19.6 Å². The summed E-state index contributed by atoms with van der Waals surface area (Å²) in [5, 5.41) is 0. The van der Waals surface area contributed by atoms with Crippen LogP contribution in [0.3, 0.4) is 0 Å². The second kappa shape index (κ2) is 4.86. The standard InChI is InChI=1S/C12H15ClO2/c1-14-11-4-2-9(3-5-11)12-10(8-13)6-7-15-12/h2-5,10,12H,6-8H2,1H3. The van der Waals surface area contributed by atoms with Crippen molar-refractivity contribution >= 4 is 11.6 Å². The van der Waals surface area contributed by atoms with Gasteiger partial charge in [0.1, 0.15) is 5.75 Å². The van der Waals surface area contributed by atoms with E-state index in [2.05, 4.69) is 0 Å². The number of hydrogen-bond donors (Lipinski definition) is 0. The minimum absolute atomic E-state index is 0.161. The lowest BCUT2D eigenvalue weighted by Crippen LogP contribution is -2.08. The van der Waals surface area contributed by atoms with E-state index in [4.69, 9.17) is 21.1 Å². The van der Waals surface area contributed by atoms with Crippen LogP contribution >= 0.6 is 11.6 Å². The second-order valence-electron chi connectivity index (χ2n) is 3.77. The van der Waals surface area contributed by atoms with Crippen molar-refractivity contribution < 1.29 is 9.47 Å². The summed E-state index contributed by atoms with van der Waals surface area (Å²) in [6.07, 6.45) is 1.22. The van der Waals surface area contributed by atoms with Crippen molar-refractivity contribution in [3.8, 4) is 5.75 Å². The molecule has 2 unspecified atom stereocenters. The van der Waals surface area contributed by atoms with Gasteiger partial charge in [-0.3, -0.25) is 0 Å². The molecule has 3 heteroatoms. The molecule has 0 bridgehead atoms. The van der Waals surface area contributed by atoms with Crippen LogP contribution in [0.25, 0.3) is 0 Å². The minimum atomic E-state index is 0.161. The van der Waals surface area contributed by atoms with Crippen LogP contribution in [0.4, 0.5) is 0 Å². The SMILES string of the molecule is COc1ccc(C2OCCC2CCl)cc1. The molecule has 15 heavy (non-hydrogen) atoms. The molecule has 2 nitrogen and oxygen atoms in total. The van der Waals surface area contributed by atoms with Gasteiger partial charge in [-0.25, -0.2) is 0 Å². The second-order valence-corrected chi connectivity index (χ2v) is 4.08. The molecule has 0 N–H and O–H groups in total. The van der Waals surface area contributed by atoms with Crippen molar-refractivity contribution in [2.24, 2.45) is 5.92 Å². The number of ether oxygens (including phenoxy) is 2. The van der Waals surface area contributed by atoms with E-state index in [1.807, 2.05) is 24.3 Å². The lowest BCUT2D eigenvalue weighted by molar-refractivity contribution is 0.0951. The minimum Gasteiger partial charge on any atom is -0.497 e. The van der Waals surface area contributed by atoms with E-state index in [0.29, 0.717) is 11.8 Å². The fourth-order valence-corrected chi connectivity index (χ4v) is 2.27. The summed E-state index contributed by atoms with van der Waals surface area (Å²) in [7, 11) is 1.67. The van der Waals surface area contributed by atoms with Gasteiger partial charge in [0.2, 0.25) is 0 Å². The van der Waals surface area contributed by atoms with Crippen molar-refractivity contribution in [2.75, 3.05) is 19.6 Å². The first kappa shape index (κ1) is 10.8. The molecule has 1 heterocycles. The molecule has 1 aromatic rings. The fourth-order valence-electron chi connectivity index (χ4n) is 1.95. The zero-order valence-electron chi connectivity index (χ0n) is 8.78. The molecular formula is C12H15ClO2. The average Bonchev–Trinajstić information content (AvgIpc) is 2.77. The third kappa shape index (κ3) is 2.27. The predicted octanol–water partition coefficient (Wildman–Crippen LogP) is 3.01. The highest BCUT2D eigenvalue weighted by molar-refractivity contribution is 6.18. The van der Waals surface area contributed by atoms with E-state index in [0.717, 1.165) is 18.8 Å². The topological polar surface area (TPSA) is 18.5 Å². The Labute approximate surface area is 95.1 Å². The monoisotopic (exact) mass is 226 g/mol. The van der Waals surface area contributed by atoms with E-state index in [1.165, 1.54) is 5.56 Å². The maximum absolute atomic E-state index is 5.91. The van der Waals surface area contributed by atoms with Gasteiger partial charge in [-0.05, 0) is 24.1 Å². The summed E-state index contributed by atoms with van der Waals surface area (Å²) in [5.74, 6) is 1.98. The molecule has 2 atom stereocenters. The molecule has 0 aromatic heterocycles. The molecule has 2 rings (SSSR count). The maximum atomic E-state index is 5.91. The summed E-state index contributed by atoms with van der Waals surface area (Å²) < 4.78 is 10.8. The molecule has 1 aromatic carbocycles. The number of alkyl halides is 1. The predicted molar refractivity (Wildman–Crippen MR) is 60.5 cm³/mol. The van der Waals surface area contributed by atoms with Gasteiger partial charge < -0.3 is 9.47 Å². The Bertz CT molecular complexity index is 310. The number of hydrogen-bond acceptors (Lipinski definition) is 2. The highest BCUT2D eigenvalue weighted by atomic mass is 35.5. The lowest BCUT2D eigenvalue weighted by atomic mass is 9.97. The van der Waals surface area contributed by atoms with Crippen molar-refractivity contribution in [2.45, 2.75) is 12.5 Å². The largest absolute Gasteiger partial charge is 0.497 e. The average molecular weight is 227 g/mol. The quantitative estimate of drug-likeness (QED) is 0.738. The summed E-state index contributed by atoms with van der Waals surface area (Å²) in [5.41, 5.74) is 1.19. The molecule has 0 radical (unpaired) electrons. The van der Waals surface area contributed by atoms with Crippen molar-refractivity contribution in [1.82, 2.24) is 0 Å². The molecule has 0 aliphatic carbocycles. The Hall–Kier alpha value is -0.730. The van der Waals surface area contributed by atoms with Gasteiger partial charge in [0, 0.05) is 18.4 Å². The van der Waals surface area contributed by atoms with Gasteiger partial charge in [0.05, 0.1) is 13.2 Å². The van der Waals surface area contributed by atoms with Crippen LogP contribution < -0.4 is 4.74 Å². The first-order valence-electron chi connectivity index (χ1n) is 5.16. The molecule has 0 saturated carbocycles.